The van der Waals surface area contributed by atoms with E-state index in [4.69, 9.17) is 5.73 Å². The highest BCUT2D eigenvalue weighted by atomic mass is 19.4. The van der Waals surface area contributed by atoms with Gasteiger partial charge in [-0.1, -0.05) is 12.1 Å². The summed E-state index contributed by atoms with van der Waals surface area (Å²) in [4.78, 5) is 29.0. The second-order valence-electron chi connectivity index (χ2n) is 8.53. The average molecular weight is 493 g/mol. The van der Waals surface area contributed by atoms with Crippen molar-refractivity contribution in [1.82, 2.24) is 19.5 Å². The van der Waals surface area contributed by atoms with Gasteiger partial charge in [0, 0.05) is 43.0 Å². The number of alkyl halides is 3. The summed E-state index contributed by atoms with van der Waals surface area (Å²) in [5.74, 6) is 0.482. The fourth-order valence-corrected chi connectivity index (χ4v) is 4.64. The molecule has 4 heterocycles. The van der Waals surface area contributed by atoms with Crippen LogP contribution in [0.15, 0.2) is 41.5 Å². The third-order valence-electron chi connectivity index (χ3n) is 6.31. The third-order valence-corrected chi connectivity index (χ3v) is 6.31. The molecule has 2 aromatic rings. The van der Waals surface area contributed by atoms with E-state index in [0.717, 1.165) is 46.3 Å². The first-order valence-electron chi connectivity index (χ1n) is 11.2. The number of hydrogen-bond acceptors (Lipinski definition) is 6. The van der Waals surface area contributed by atoms with Crippen molar-refractivity contribution in [3.63, 3.8) is 0 Å². The molecule has 3 aliphatic heterocycles. The predicted molar refractivity (Wildman–Crippen MR) is 128 cm³/mol. The molecule has 0 spiro atoms. The smallest absolute Gasteiger partial charge is 0.369 e. The number of primary amides is 1. The van der Waals surface area contributed by atoms with Gasteiger partial charge in [-0.2, -0.15) is 18.2 Å². The Labute approximate surface area is 204 Å². The van der Waals surface area contributed by atoms with Crippen LogP contribution in [0.4, 0.5) is 19.0 Å². The molecular weight excluding hydrogens is 471 g/mol. The first-order valence-corrected chi connectivity index (χ1v) is 11.2. The third kappa shape index (κ3) is 3.76. The standard InChI is InChI=1S/C25H22F3N7O/c1-12-4-5-14(19-18(25(26,27)28)6-7-31-20(19)21(29)36)10-15(12)17-11-16-13(2)33-24(30-3)34-23(16)35-9-8-32-22(17)35/h4-7,10-11,32H,8-9H2,1-3H3,(H2,29,36). The van der Waals surface area contributed by atoms with Crippen LogP contribution in [0.25, 0.3) is 33.6 Å². The maximum atomic E-state index is 13.9. The van der Waals surface area contributed by atoms with Crippen LogP contribution in [-0.2, 0) is 12.7 Å². The van der Waals surface area contributed by atoms with Crippen LogP contribution in [0.1, 0.15) is 27.3 Å². The Hall–Kier alpha value is -4.28. The summed E-state index contributed by atoms with van der Waals surface area (Å²) in [6.07, 6.45) is -3.76. The van der Waals surface area contributed by atoms with Crippen molar-refractivity contribution in [2.45, 2.75) is 26.6 Å². The van der Waals surface area contributed by atoms with Crippen molar-refractivity contribution in [2.24, 2.45) is 10.7 Å². The molecule has 0 atom stereocenters. The molecule has 0 bridgehead atoms. The molecule has 1 amide bonds. The van der Waals surface area contributed by atoms with Gasteiger partial charge >= 0.3 is 6.18 Å². The SMILES string of the molecule is CN=c1nc(C)c2cc(-c3cc(-c4c(C(F)(F)F)ccnc4C(N)=O)ccc3C)c3n(c-2n1)CCN3. The van der Waals surface area contributed by atoms with Crippen LogP contribution in [-0.4, -0.2) is 39.0 Å². The van der Waals surface area contributed by atoms with Gasteiger partial charge in [0.2, 0.25) is 5.62 Å². The van der Waals surface area contributed by atoms with Crippen molar-refractivity contribution in [3.05, 3.63) is 64.7 Å². The van der Waals surface area contributed by atoms with Gasteiger partial charge in [-0.3, -0.25) is 14.8 Å². The van der Waals surface area contributed by atoms with E-state index >= 15 is 0 Å². The highest BCUT2D eigenvalue weighted by Gasteiger charge is 2.36. The first-order chi connectivity index (χ1) is 17.1. The first kappa shape index (κ1) is 23.5. The van der Waals surface area contributed by atoms with Crippen LogP contribution in [0.3, 0.4) is 0 Å². The van der Waals surface area contributed by atoms with Crippen molar-refractivity contribution < 1.29 is 18.0 Å². The lowest BCUT2D eigenvalue weighted by Crippen LogP contribution is -2.20. The molecule has 5 rings (SSSR count). The largest absolute Gasteiger partial charge is 0.417 e. The predicted octanol–water partition coefficient (Wildman–Crippen LogP) is 3.80. The topological polar surface area (TPSA) is 111 Å². The van der Waals surface area contributed by atoms with Gasteiger partial charge in [0.25, 0.3) is 5.91 Å². The lowest BCUT2D eigenvalue weighted by molar-refractivity contribution is -0.137. The summed E-state index contributed by atoms with van der Waals surface area (Å²) >= 11 is 0. The molecule has 36 heavy (non-hydrogen) atoms. The quantitative estimate of drug-likeness (QED) is 0.451. The van der Waals surface area contributed by atoms with Gasteiger partial charge < -0.3 is 15.6 Å². The second-order valence-corrected chi connectivity index (χ2v) is 8.53. The number of rotatable bonds is 3. The number of hydrogen-bond donors (Lipinski definition) is 2. The number of amides is 1. The molecule has 3 aliphatic rings. The maximum absolute atomic E-state index is 13.9. The lowest BCUT2D eigenvalue weighted by atomic mass is 9.91. The average Bonchev–Trinajstić information content (AvgIpc) is 3.33. The number of aryl methyl sites for hydroxylation is 2. The van der Waals surface area contributed by atoms with E-state index in [9.17, 15) is 18.0 Å². The second kappa shape index (κ2) is 8.43. The van der Waals surface area contributed by atoms with Crippen LogP contribution in [0, 0.1) is 13.8 Å². The van der Waals surface area contributed by atoms with E-state index in [1.807, 2.05) is 24.5 Å². The van der Waals surface area contributed by atoms with Gasteiger partial charge in [-0.25, -0.2) is 4.98 Å². The zero-order valence-corrected chi connectivity index (χ0v) is 19.7. The normalized spacial score (nSPS) is 13.7. The minimum absolute atomic E-state index is 0.190. The van der Waals surface area contributed by atoms with Gasteiger partial charge in [0.15, 0.2) is 0 Å². The van der Waals surface area contributed by atoms with Gasteiger partial charge in [0.05, 0.1) is 11.3 Å². The Morgan fingerprint density at radius 1 is 1.11 bits per heavy atom. The monoisotopic (exact) mass is 493 g/mol. The number of nitrogens with two attached hydrogens (primary N) is 1. The fraction of sp³-hybridized carbons (Fsp3) is 0.240. The van der Waals surface area contributed by atoms with Crippen molar-refractivity contribution in [1.29, 1.82) is 0 Å². The molecular formula is C25H22F3N7O. The Kier molecular flexibility index (Phi) is 5.50. The zero-order chi connectivity index (χ0) is 25.8. The molecule has 0 saturated heterocycles. The van der Waals surface area contributed by atoms with E-state index in [1.165, 1.54) is 0 Å². The molecule has 8 nitrogen and oxygen atoms in total. The number of halogens is 3. The summed E-state index contributed by atoms with van der Waals surface area (Å²) in [7, 11) is 1.63. The van der Waals surface area contributed by atoms with E-state index in [-0.39, 0.29) is 11.1 Å². The number of fused-ring (bicyclic) bond motifs is 3. The number of carbonyl (C=O) groups is 1. The van der Waals surface area contributed by atoms with Crippen LogP contribution >= 0.6 is 0 Å². The molecule has 0 aliphatic carbocycles. The van der Waals surface area contributed by atoms with E-state index in [0.29, 0.717) is 24.3 Å². The zero-order valence-electron chi connectivity index (χ0n) is 19.7. The summed E-state index contributed by atoms with van der Waals surface area (Å²) in [6, 6.07) is 7.69. The molecule has 11 heteroatoms. The number of carbonyl (C=O) groups excluding carboxylic acids is 1. The summed E-state index contributed by atoms with van der Waals surface area (Å²) in [6.45, 7) is 5.07. The number of nitrogens with one attached hydrogen (secondary N) is 1. The van der Waals surface area contributed by atoms with Crippen molar-refractivity contribution in [3.8, 4) is 33.6 Å². The van der Waals surface area contributed by atoms with Gasteiger partial charge in [-0.15, -0.1) is 0 Å². The number of pyridine rings is 2. The number of benzene rings is 1. The molecule has 184 valence electrons. The van der Waals surface area contributed by atoms with Crippen LogP contribution in [0.2, 0.25) is 0 Å². The number of anilines is 1. The van der Waals surface area contributed by atoms with E-state index < -0.39 is 23.3 Å². The fourth-order valence-electron chi connectivity index (χ4n) is 4.64. The molecule has 0 unspecified atom stereocenters. The minimum atomic E-state index is -4.70. The van der Waals surface area contributed by atoms with Gasteiger partial charge in [0.1, 0.15) is 17.3 Å². The molecule has 1 aromatic carbocycles. The Morgan fingerprint density at radius 2 is 1.89 bits per heavy atom. The molecule has 0 saturated carbocycles. The highest BCUT2D eigenvalue weighted by molar-refractivity contribution is 5.99. The van der Waals surface area contributed by atoms with E-state index in [1.54, 1.807) is 25.2 Å². The molecule has 1 aromatic heterocycles. The Balaban J connectivity index is 1.81. The van der Waals surface area contributed by atoms with Gasteiger partial charge in [-0.05, 0) is 48.7 Å². The molecule has 0 fully saturated rings. The van der Waals surface area contributed by atoms with Crippen molar-refractivity contribution >= 4 is 11.7 Å². The molecule has 3 N–H and O–H groups in total. The van der Waals surface area contributed by atoms with Crippen LogP contribution in [0.5, 0.6) is 0 Å². The maximum Gasteiger partial charge on any atom is 0.417 e. The summed E-state index contributed by atoms with van der Waals surface area (Å²) in [5.41, 5.74) is 8.10. The number of nitrogens with zero attached hydrogens (tertiary/aromatic N) is 5. The number of aromatic nitrogens is 4. The Morgan fingerprint density at radius 3 is 2.58 bits per heavy atom. The lowest BCUT2D eigenvalue weighted by Gasteiger charge is -2.21. The minimum Gasteiger partial charge on any atom is -0.369 e. The summed E-state index contributed by atoms with van der Waals surface area (Å²) in [5, 5.41) is 3.37. The van der Waals surface area contributed by atoms with Crippen molar-refractivity contribution in [2.75, 3.05) is 18.9 Å². The van der Waals surface area contributed by atoms with E-state index in [2.05, 4.69) is 25.3 Å². The van der Waals surface area contributed by atoms with Crippen LogP contribution < -0.4 is 16.7 Å². The Bertz CT molecular complexity index is 1570. The highest BCUT2D eigenvalue weighted by Crippen LogP contribution is 2.43. The summed E-state index contributed by atoms with van der Waals surface area (Å²) < 4.78 is 43.8. The molecule has 0 radical (unpaired) electrons.